The summed E-state index contributed by atoms with van der Waals surface area (Å²) in [5.41, 5.74) is 3.95. The van der Waals surface area contributed by atoms with Gasteiger partial charge in [-0.05, 0) is 35.0 Å². The maximum Gasteiger partial charge on any atom is 0.299 e. The first kappa shape index (κ1) is 13.5. The van der Waals surface area contributed by atoms with E-state index in [1.54, 1.807) is 33.9 Å². The topological polar surface area (TPSA) is 50.3 Å². The van der Waals surface area contributed by atoms with E-state index in [2.05, 4.69) is 20.9 Å². The molecule has 0 bridgehead atoms. The van der Waals surface area contributed by atoms with Gasteiger partial charge in [0.15, 0.2) is 0 Å². The first-order valence-corrected chi connectivity index (χ1v) is 7.80. The van der Waals surface area contributed by atoms with Gasteiger partial charge >= 0.3 is 0 Å². The maximum atomic E-state index is 12.1. The Morgan fingerprint density at radius 1 is 1.35 bits per heavy atom. The Hall–Kier alpha value is -1.53. The molecule has 0 saturated carbocycles. The number of anilines is 1. The molecule has 1 aliphatic heterocycles. The van der Waals surface area contributed by atoms with Crippen LogP contribution in [-0.4, -0.2) is 23.2 Å². The van der Waals surface area contributed by atoms with Crippen molar-refractivity contribution in [3.05, 3.63) is 44.3 Å². The van der Waals surface area contributed by atoms with Crippen molar-refractivity contribution in [1.29, 1.82) is 0 Å². The number of carbonyl (C=O) groups is 2. The van der Waals surface area contributed by atoms with E-state index in [4.69, 9.17) is 0 Å². The molecule has 2 aromatic rings. The van der Waals surface area contributed by atoms with Crippen LogP contribution in [0, 0.1) is 6.92 Å². The average molecular weight is 351 g/mol. The number of para-hydroxylation sites is 1. The van der Waals surface area contributed by atoms with Gasteiger partial charge in [-0.2, -0.15) is 0 Å². The second kappa shape index (κ2) is 5.10. The van der Waals surface area contributed by atoms with Crippen LogP contribution in [0.2, 0.25) is 0 Å². The zero-order valence-corrected chi connectivity index (χ0v) is 13.1. The van der Waals surface area contributed by atoms with E-state index >= 15 is 0 Å². The van der Waals surface area contributed by atoms with Gasteiger partial charge in [0.1, 0.15) is 0 Å². The Morgan fingerprint density at radius 3 is 2.85 bits per heavy atom. The summed E-state index contributed by atoms with van der Waals surface area (Å²) in [6.45, 7) is 2.44. The highest BCUT2D eigenvalue weighted by molar-refractivity contribution is 9.10. The Kier molecular flexibility index (Phi) is 3.43. The predicted molar refractivity (Wildman–Crippen MR) is 81.4 cm³/mol. The van der Waals surface area contributed by atoms with Crippen LogP contribution in [0.5, 0.6) is 0 Å². The molecule has 1 aliphatic rings. The van der Waals surface area contributed by atoms with Crippen LogP contribution in [0.1, 0.15) is 20.9 Å². The van der Waals surface area contributed by atoms with E-state index in [1.807, 2.05) is 13.0 Å². The summed E-state index contributed by atoms with van der Waals surface area (Å²) >= 11 is 4.99. The lowest BCUT2D eigenvalue weighted by molar-refractivity contribution is -0.114. The number of aryl methyl sites for hydroxylation is 1. The zero-order chi connectivity index (χ0) is 14.3. The van der Waals surface area contributed by atoms with Crippen molar-refractivity contribution in [2.45, 2.75) is 13.3 Å². The Balaban J connectivity index is 1.90. The molecule has 1 amide bonds. The molecule has 102 valence electrons. The lowest BCUT2D eigenvalue weighted by Crippen LogP contribution is -2.31. The maximum absolute atomic E-state index is 12.1. The molecule has 0 atom stereocenters. The van der Waals surface area contributed by atoms with Crippen LogP contribution in [0.15, 0.2) is 28.2 Å². The van der Waals surface area contributed by atoms with Gasteiger partial charge in [0.05, 0.1) is 22.5 Å². The lowest BCUT2D eigenvalue weighted by Gasteiger charge is -2.17. The number of ketones is 1. The fourth-order valence-corrected chi connectivity index (χ4v) is 3.66. The van der Waals surface area contributed by atoms with Gasteiger partial charge in [0.25, 0.3) is 11.7 Å². The normalized spacial score (nSPS) is 14.0. The highest BCUT2D eigenvalue weighted by Crippen LogP contribution is 2.36. The largest absolute Gasteiger partial charge is 0.303 e. The standard InChI is InChI=1S/C14H11BrN2O2S/c1-8-11(20-7-16-8)5-6-17-12-9(13(18)14(17)19)3-2-4-10(12)15/h2-4,7H,5-6H2,1H3. The molecule has 0 N–H and O–H groups in total. The monoisotopic (exact) mass is 350 g/mol. The van der Waals surface area contributed by atoms with Crippen molar-refractivity contribution in [3.63, 3.8) is 0 Å². The van der Waals surface area contributed by atoms with Crippen molar-refractivity contribution < 1.29 is 9.59 Å². The molecule has 1 aromatic heterocycles. The molecule has 20 heavy (non-hydrogen) atoms. The van der Waals surface area contributed by atoms with E-state index in [9.17, 15) is 9.59 Å². The first-order chi connectivity index (χ1) is 9.59. The van der Waals surface area contributed by atoms with Crippen LogP contribution >= 0.6 is 27.3 Å². The summed E-state index contributed by atoms with van der Waals surface area (Å²) in [6, 6.07) is 5.30. The molecule has 0 fully saturated rings. The van der Waals surface area contributed by atoms with Crippen molar-refractivity contribution in [3.8, 4) is 0 Å². The van der Waals surface area contributed by atoms with Gasteiger partial charge in [-0.15, -0.1) is 11.3 Å². The lowest BCUT2D eigenvalue weighted by atomic mass is 10.1. The predicted octanol–water partition coefficient (Wildman–Crippen LogP) is 2.99. The quantitative estimate of drug-likeness (QED) is 0.799. The molecule has 0 unspecified atom stereocenters. The van der Waals surface area contributed by atoms with E-state index in [1.165, 1.54) is 0 Å². The molecule has 4 nitrogen and oxygen atoms in total. The summed E-state index contributed by atoms with van der Waals surface area (Å²) in [6.07, 6.45) is 0.705. The van der Waals surface area contributed by atoms with Gasteiger partial charge in [0, 0.05) is 22.3 Å². The number of carbonyl (C=O) groups excluding carboxylic acids is 2. The molecule has 0 aliphatic carbocycles. The third-order valence-electron chi connectivity index (χ3n) is 3.35. The third-order valence-corrected chi connectivity index (χ3v) is 4.98. The summed E-state index contributed by atoms with van der Waals surface area (Å²) in [4.78, 5) is 31.0. The molecule has 0 saturated heterocycles. The number of hydrogen-bond acceptors (Lipinski definition) is 4. The van der Waals surface area contributed by atoms with Gasteiger partial charge in [-0.1, -0.05) is 6.07 Å². The minimum atomic E-state index is -0.450. The number of thiazole rings is 1. The van der Waals surface area contributed by atoms with Crippen molar-refractivity contribution in [2.24, 2.45) is 0 Å². The minimum Gasteiger partial charge on any atom is -0.303 e. The second-order valence-corrected chi connectivity index (χ2v) is 6.33. The van der Waals surface area contributed by atoms with Gasteiger partial charge < -0.3 is 4.90 Å². The number of rotatable bonds is 3. The van der Waals surface area contributed by atoms with Gasteiger partial charge in [-0.3, -0.25) is 9.59 Å². The molecule has 6 heteroatoms. The number of nitrogens with zero attached hydrogens (tertiary/aromatic N) is 2. The summed E-state index contributed by atoms with van der Waals surface area (Å²) in [5.74, 6) is -0.878. The van der Waals surface area contributed by atoms with Crippen molar-refractivity contribution in [2.75, 3.05) is 11.4 Å². The summed E-state index contributed by atoms with van der Waals surface area (Å²) < 4.78 is 0.773. The number of Topliss-reactive ketones (excluding diaryl/α,β-unsaturated/α-hetero) is 1. The zero-order valence-electron chi connectivity index (χ0n) is 10.7. The van der Waals surface area contributed by atoms with Crippen LogP contribution in [-0.2, 0) is 11.2 Å². The molecular weight excluding hydrogens is 340 g/mol. The third kappa shape index (κ3) is 2.09. The fourth-order valence-electron chi connectivity index (χ4n) is 2.31. The van der Waals surface area contributed by atoms with Gasteiger partial charge in [0.2, 0.25) is 0 Å². The van der Waals surface area contributed by atoms with Crippen LogP contribution in [0.3, 0.4) is 0 Å². The van der Waals surface area contributed by atoms with E-state index in [-0.39, 0.29) is 0 Å². The molecular formula is C14H11BrN2O2S. The van der Waals surface area contributed by atoms with E-state index < -0.39 is 11.7 Å². The second-order valence-electron chi connectivity index (χ2n) is 4.53. The molecule has 0 radical (unpaired) electrons. The molecule has 1 aromatic carbocycles. The number of fused-ring (bicyclic) bond motifs is 1. The van der Waals surface area contributed by atoms with Gasteiger partial charge in [-0.25, -0.2) is 4.98 Å². The van der Waals surface area contributed by atoms with E-state index in [0.717, 1.165) is 15.0 Å². The fraction of sp³-hybridized carbons (Fsp3) is 0.214. The number of benzene rings is 1. The highest BCUT2D eigenvalue weighted by atomic mass is 79.9. The first-order valence-electron chi connectivity index (χ1n) is 6.13. The summed E-state index contributed by atoms with van der Waals surface area (Å²) in [5, 5.41) is 0. The van der Waals surface area contributed by atoms with Crippen LogP contribution < -0.4 is 4.90 Å². The Bertz CT molecular complexity index is 711. The minimum absolute atomic E-state index is 0.428. The SMILES string of the molecule is Cc1ncsc1CCN1C(=O)C(=O)c2cccc(Br)c21. The average Bonchev–Trinajstić information content (AvgIpc) is 2.94. The van der Waals surface area contributed by atoms with Crippen molar-refractivity contribution >= 4 is 44.6 Å². The smallest absolute Gasteiger partial charge is 0.299 e. The number of amides is 1. The Morgan fingerprint density at radius 2 is 2.15 bits per heavy atom. The van der Waals surface area contributed by atoms with Crippen LogP contribution in [0.4, 0.5) is 5.69 Å². The molecule has 0 spiro atoms. The summed E-state index contributed by atoms with van der Waals surface area (Å²) in [7, 11) is 0. The highest BCUT2D eigenvalue weighted by Gasteiger charge is 2.36. The Labute approximate surface area is 128 Å². The van der Waals surface area contributed by atoms with Crippen molar-refractivity contribution in [1.82, 2.24) is 4.98 Å². The molecule has 2 heterocycles. The molecule has 3 rings (SSSR count). The van der Waals surface area contributed by atoms with Crippen LogP contribution in [0.25, 0.3) is 0 Å². The number of hydrogen-bond donors (Lipinski definition) is 0. The van der Waals surface area contributed by atoms with E-state index in [0.29, 0.717) is 24.2 Å². The number of aromatic nitrogens is 1. The number of halogens is 1.